The number of aromatic nitrogens is 2. The third-order valence-corrected chi connectivity index (χ3v) is 4.77. The van der Waals surface area contributed by atoms with Crippen molar-refractivity contribution < 1.29 is 4.79 Å². The number of aryl methyl sites for hydroxylation is 1. The second-order valence-electron chi connectivity index (χ2n) is 6.96. The zero-order valence-corrected chi connectivity index (χ0v) is 18.4. The molecular formula is C20H27Cl2N7O. The largest absolute Gasteiger partial charge is 0.370 e. The Kier molecular flexibility index (Phi) is 9.63. The molecule has 1 aliphatic carbocycles. The molecule has 30 heavy (non-hydrogen) atoms. The minimum atomic E-state index is -0.409. The van der Waals surface area contributed by atoms with E-state index in [0.717, 1.165) is 36.6 Å². The van der Waals surface area contributed by atoms with Gasteiger partial charge >= 0.3 is 0 Å². The molecule has 1 aromatic heterocycles. The first-order valence-corrected chi connectivity index (χ1v) is 9.33. The molecule has 0 bridgehead atoms. The van der Waals surface area contributed by atoms with Crippen molar-refractivity contribution in [1.82, 2.24) is 15.3 Å². The number of aliphatic imine (C=N–C) groups is 1. The number of anilines is 1. The van der Waals surface area contributed by atoms with E-state index in [4.69, 9.17) is 17.9 Å². The number of hydrogen-bond donors (Lipinski definition) is 4. The van der Waals surface area contributed by atoms with Crippen molar-refractivity contribution in [2.24, 2.45) is 16.5 Å². The zero-order chi connectivity index (χ0) is 20.1. The smallest absolute Gasteiger partial charge is 0.289 e. The van der Waals surface area contributed by atoms with Crippen molar-refractivity contribution in [1.29, 1.82) is 0 Å². The molecule has 0 spiro atoms. The topological polar surface area (TPSA) is 131 Å². The monoisotopic (exact) mass is 451 g/mol. The van der Waals surface area contributed by atoms with Crippen LogP contribution in [0, 0.1) is 19.3 Å². The van der Waals surface area contributed by atoms with E-state index in [1.165, 1.54) is 0 Å². The summed E-state index contributed by atoms with van der Waals surface area (Å²) < 4.78 is 0. The van der Waals surface area contributed by atoms with Gasteiger partial charge < -0.3 is 22.1 Å². The van der Waals surface area contributed by atoms with E-state index in [1.54, 1.807) is 0 Å². The van der Waals surface area contributed by atoms with Crippen molar-refractivity contribution >= 4 is 53.4 Å². The number of nitrogens with zero attached hydrogens (tertiary/aromatic N) is 3. The number of guanidine groups is 1. The Labute approximate surface area is 188 Å². The van der Waals surface area contributed by atoms with Gasteiger partial charge in [-0.15, -0.1) is 31.2 Å². The Balaban J connectivity index is 0.00000225. The molecule has 1 aliphatic rings. The van der Waals surface area contributed by atoms with Gasteiger partial charge in [-0.2, -0.15) is 0 Å². The van der Waals surface area contributed by atoms with E-state index in [-0.39, 0.29) is 55.2 Å². The van der Waals surface area contributed by atoms with E-state index >= 15 is 0 Å². The summed E-state index contributed by atoms with van der Waals surface area (Å²) in [5, 5.41) is 6.93. The third kappa shape index (κ3) is 6.12. The van der Waals surface area contributed by atoms with Crippen molar-refractivity contribution in [2.75, 3.05) is 11.9 Å². The van der Waals surface area contributed by atoms with Gasteiger partial charge in [-0.05, 0) is 31.9 Å². The summed E-state index contributed by atoms with van der Waals surface area (Å²) in [6.07, 6.45) is 9.18. The van der Waals surface area contributed by atoms with E-state index in [1.807, 2.05) is 25.1 Å². The van der Waals surface area contributed by atoms with Gasteiger partial charge in [0.2, 0.25) is 5.82 Å². The van der Waals surface area contributed by atoms with Gasteiger partial charge in [-0.3, -0.25) is 4.79 Å². The second kappa shape index (κ2) is 11.4. The molecular weight excluding hydrogens is 425 g/mol. The van der Waals surface area contributed by atoms with Crippen LogP contribution >= 0.6 is 24.8 Å². The third-order valence-electron chi connectivity index (χ3n) is 4.77. The Morgan fingerprint density at radius 1 is 1.27 bits per heavy atom. The molecule has 3 rings (SSSR count). The van der Waals surface area contributed by atoms with Gasteiger partial charge in [0.15, 0.2) is 5.96 Å². The molecule has 0 saturated heterocycles. The number of fused-ring (bicyclic) bond motifs is 1. The fourth-order valence-electron chi connectivity index (χ4n) is 3.47. The van der Waals surface area contributed by atoms with Crippen LogP contribution in [0.5, 0.6) is 0 Å². The van der Waals surface area contributed by atoms with Crippen molar-refractivity contribution in [2.45, 2.75) is 44.7 Å². The number of amides is 1. The summed E-state index contributed by atoms with van der Waals surface area (Å²) >= 11 is 0. The van der Waals surface area contributed by atoms with Crippen LogP contribution in [0.25, 0.3) is 10.9 Å². The fraction of sp³-hybridized carbons (Fsp3) is 0.400. The number of terminal acetylenes is 1. The molecule has 2 atom stereocenters. The highest BCUT2D eigenvalue weighted by Crippen LogP contribution is 2.28. The summed E-state index contributed by atoms with van der Waals surface area (Å²) in [6, 6.07) is 5.82. The maximum atomic E-state index is 12.4. The number of rotatable bonds is 5. The number of nitrogens with two attached hydrogens (primary N) is 2. The van der Waals surface area contributed by atoms with Crippen LogP contribution in [0.15, 0.2) is 23.2 Å². The molecule has 1 heterocycles. The highest BCUT2D eigenvalue weighted by Gasteiger charge is 2.26. The molecule has 1 saturated carbocycles. The summed E-state index contributed by atoms with van der Waals surface area (Å²) in [6.45, 7) is 2.12. The number of nitrogens with one attached hydrogen (secondary N) is 2. The van der Waals surface area contributed by atoms with Gasteiger partial charge in [-0.1, -0.05) is 30.4 Å². The molecule has 10 heteroatoms. The summed E-state index contributed by atoms with van der Waals surface area (Å²) in [7, 11) is 0. The molecule has 1 amide bonds. The van der Waals surface area contributed by atoms with Crippen LogP contribution in [0.1, 0.15) is 41.9 Å². The number of hydrogen-bond acceptors (Lipinski definition) is 5. The Hall–Kier alpha value is -2.76. The predicted octanol–water partition coefficient (Wildman–Crippen LogP) is 2.14. The maximum Gasteiger partial charge on any atom is 0.289 e. The van der Waals surface area contributed by atoms with Gasteiger partial charge in [0.1, 0.15) is 5.82 Å². The fourth-order valence-corrected chi connectivity index (χ4v) is 3.47. The molecule has 0 radical (unpaired) electrons. The average Bonchev–Trinajstić information content (AvgIpc) is 2.67. The quantitative estimate of drug-likeness (QED) is 0.312. The second-order valence-corrected chi connectivity index (χ2v) is 6.96. The predicted molar refractivity (Wildman–Crippen MR) is 125 cm³/mol. The minimum Gasteiger partial charge on any atom is -0.370 e. The van der Waals surface area contributed by atoms with Crippen molar-refractivity contribution in [3.05, 3.63) is 29.6 Å². The number of carbonyl (C=O) groups is 1. The first kappa shape index (κ1) is 25.3. The maximum absolute atomic E-state index is 12.4. The van der Waals surface area contributed by atoms with Crippen LogP contribution in [0.4, 0.5) is 5.82 Å². The normalized spacial score (nSPS) is 17.6. The molecule has 1 fully saturated rings. The van der Waals surface area contributed by atoms with Gasteiger partial charge in [0.05, 0.1) is 24.1 Å². The molecule has 1 aromatic carbocycles. The molecule has 0 unspecified atom stereocenters. The SMILES string of the molecule is C#CCNC(=O)c1nc(N[C@H]2CCCC[C@H]2N=C(N)N)c2cc(C)ccc2n1.Cl.Cl. The number of carbonyl (C=O) groups excluding carboxylic acids is 1. The Morgan fingerprint density at radius 3 is 2.70 bits per heavy atom. The Morgan fingerprint density at radius 2 is 2.00 bits per heavy atom. The van der Waals surface area contributed by atoms with Crippen LogP contribution < -0.4 is 22.1 Å². The highest BCUT2D eigenvalue weighted by atomic mass is 35.5. The van der Waals surface area contributed by atoms with Crippen LogP contribution in [-0.2, 0) is 0 Å². The molecule has 8 nitrogen and oxygen atoms in total. The van der Waals surface area contributed by atoms with Gasteiger partial charge in [0, 0.05) is 5.39 Å². The van der Waals surface area contributed by atoms with E-state index in [0.29, 0.717) is 11.3 Å². The van der Waals surface area contributed by atoms with Crippen LogP contribution in [0.2, 0.25) is 0 Å². The molecule has 0 aliphatic heterocycles. The lowest BCUT2D eigenvalue weighted by molar-refractivity contribution is 0.0949. The van der Waals surface area contributed by atoms with Crippen LogP contribution in [-0.4, -0.2) is 40.5 Å². The minimum absolute atomic E-state index is 0. The standard InChI is InChI=1S/C20H25N7O.2ClH/c1-3-10-23-19(28)18-24-14-9-8-12(2)11-13(14)17(27-18)25-15-6-4-5-7-16(15)26-20(21)22;;/h1,8-9,11,15-16H,4-7,10H2,2H3,(H,23,28)(H4,21,22,26)(H,24,25,27);2*1H/t15-,16+;;/m0../s1. The average molecular weight is 452 g/mol. The van der Waals surface area contributed by atoms with Crippen molar-refractivity contribution in [3.8, 4) is 12.3 Å². The highest BCUT2D eigenvalue weighted by molar-refractivity contribution is 5.96. The summed E-state index contributed by atoms with van der Waals surface area (Å²) in [5.74, 6) is 2.72. The summed E-state index contributed by atoms with van der Waals surface area (Å²) in [4.78, 5) is 25.6. The first-order chi connectivity index (χ1) is 13.5. The number of benzene rings is 1. The first-order valence-electron chi connectivity index (χ1n) is 9.33. The summed E-state index contributed by atoms with van der Waals surface area (Å²) in [5.41, 5.74) is 13.0. The van der Waals surface area contributed by atoms with E-state index in [2.05, 4.69) is 31.5 Å². The lowest BCUT2D eigenvalue weighted by Crippen LogP contribution is -2.38. The lowest BCUT2D eigenvalue weighted by Gasteiger charge is -2.30. The van der Waals surface area contributed by atoms with Gasteiger partial charge in [-0.25, -0.2) is 15.0 Å². The van der Waals surface area contributed by atoms with Gasteiger partial charge in [0.25, 0.3) is 5.91 Å². The van der Waals surface area contributed by atoms with E-state index < -0.39 is 5.91 Å². The van der Waals surface area contributed by atoms with Crippen molar-refractivity contribution in [3.63, 3.8) is 0 Å². The zero-order valence-electron chi connectivity index (χ0n) is 16.7. The lowest BCUT2D eigenvalue weighted by atomic mass is 9.90. The molecule has 6 N–H and O–H groups in total. The Bertz CT molecular complexity index is 954. The van der Waals surface area contributed by atoms with Crippen LogP contribution in [0.3, 0.4) is 0 Å². The van der Waals surface area contributed by atoms with E-state index in [9.17, 15) is 4.79 Å². The molecule has 162 valence electrons. The number of halogens is 2. The molecule has 2 aromatic rings.